The number of hydrogen-bond acceptors (Lipinski definition) is 5. The van der Waals surface area contributed by atoms with Crippen LogP contribution in [0.25, 0.3) is 6.08 Å². The Bertz CT molecular complexity index is 897. The highest BCUT2D eigenvalue weighted by Crippen LogP contribution is 2.31. The van der Waals surface area contributed by atoms with E-state index in [0.717, 1.165) is 27.6 Å². The summed E-state index contributed by atoms with van der Waals surface area (Å²) in [6, 6.07) is 13.1. The molecule has 0 atom stereocenters. The average molecular weight is 420 g/mol. The van der Waals surface area contributed by atoms with Crippen LogP contribution in [-0.4, -0.2) is 35.4 Å². The van der Waals surface area contributed by atoms with E-state index in [1.807, 2.05) is 55.5 Å². The van der Waals surface area contributed by atoms with Crippen LogP contribution < -0.4 is 9.47 Å². The number of aryl methyl sites for hydroxylation is 1. The minimum atomic E-state index is -0.0695. The number of carbonyl (C=O) groups is 1. The van der Waals surface area contributed by atoms with E-state index in [-0.39, 0.29) is 5.91 Å². The topological polar surface area (TPSA) is 38.8 Å². The molecule has 0 radical (unpaired) electrons. The molecule has 0 bridgehead atoms. The second-order valence-electron chi connectivity index (χ2n) is 5.92. The summed E-state index contributed by atoms with van der Waals surface area (Å²) in [5.41, 5.74) is 1.90. The predicted octanol–water partition coefficient (Wildman–Crippen LogP) is 4.94. The molecule has 140 valence electrons. The van der Waals surface area contributed by atoms with E-state index < -0.39 is 0 Å². The van der Waals surface area contributed by atoms with Crippen LogP contribution in [0.5, 0.6) is 11.5 Å². The molecule has 0 unspecified atom stereocenters. The van der Waals surface area contributed by atoms with Crippen molar-refractivity contribution in [3.8, 4) is 11.5 Å². The third kappa shape index (κ3) is 5.03. The lowest BCUT2D eigenvalue weighted by Crippen LogP contribution is -2.22. The van der Waals surface area contributed by atoms with Gasteiger partial charge in [-0.2, -0.15) is 0 Å². The fourth-order valence-corrected chi connectivity index (χ4v) is 3.68. The number of thioether (sulfide) groups is 1. The molecule has 2 aromatic carbocycles. The first kappa shape index (κ1) is 19.7. The smallest absolute Gasteiger partial charge is 0.265 e. The number of amides is 1. The summed E-state index contributed by atoms with van der Waals surface area (Å²) in [6.45, 7) is 2.79. The van der Waals surface area contributed by atoms with E-state index in [9.17, 15) is 4.79 Å². The van der Waals surface area contributed by atoms with Gasteiger partial charge >= 0.3 is 0 Å². The second kappa shape index (κ2) is 8.78. The van der Waals surface area contributed by atoms with Crippen LogP contribution in [0, 0.1) is 6.92 Å². The average Bonchev–Trinajstić information content (AvgIpc) is 2.90. The zero-order valence-corrected chi connectivity index (χ0v) is 17.3. The molecule has 0 aromatic heterocycles. The van der Waals surface area contributed by atoms with Crippen LogP contribution in [0.3, 0.4) is 0 Å². The molecule has 2 aromatic rings. The van der Waals surface area contributed by atoms with Crippen molar-refractivity contribution >= 4 is 51.9 Å². The van der Waals surface area contributed by atoms with Crippen LogP contribution in [0.15, 0.2) is 47.4 Å². The summed E-state index contributed by atoms with van der Waals surface area (Å²) in [7, 11) is 1.68. The number of halogens is 1. The number of hydrogen-bond donors (Lipinski definition) is 0. The lowest BCUT2D eigenvalue weighted by molar-refractivity contribution is -0.121. The van der Waals surface area contributed by atoms with Crippen molar-refractivity contribution < 1.29 is 14.3 Å². The first-order valence-corrected chi connectivity index (χ1v) is 9.87. The van der Waals surface area contributed by atoms with Crippen molar-refractivity contribution in [1.29, 1.82) is 0 Å². The predicted molar refractivity (Wildman–Crippen MR) is 115 cm³/mol. The van der Waals surface area contributed by atoms with Gasteiger partial charge in [-0.15, -0.1) is 0 Å². The minimum Gasteiger partial charge on any atom is -0.490 e. The number of benzene rings is 2. The van der Waals surface area contributed by atoms with Gasteiger partial charge in [0.25, 0.3) is 5.91 Å². The summed E-state index contributed by atoms with van der Waals surface area (Å²) in [6.07, 6.45) is 1.83. The monoisotopic (exact) mass is 419 g/mol. The Balaban J connectivity index is 1.50. The van der Waals surface area contributed by atoms with Crippen molar-refractivity contribution in [2.24, 2.45) is 0 Å². The molecule has 1 saturated heterocycles. The molecule has 7 heteroatoms. The van der Waals surface area contributed by atoms with Crippen LogP contribution in [0.4, 0.5) is 0 Å². The molecule has 0 saturated carbocycles. The number of thiocarbonyl (C=S) groups is 1. The molecule has 0 N–H and O–H groups in total. The van der Waals surface area contributed by atoms with Crippen LogP contribution in [0.1, 0.15) is 11.1 Å². The van der Waals surface area contributed by atoms with E-state index in [1.54, 1.807) is 7.05 Å². The van der Waals surface area contributed by atoms with Gasteiger partial charge in [-0.3, -0.25) is 9.69 Å². The maximum absolute atomic E-state index is 12.0. The third-order valence-corrected chi connectivity index (χ3v) is 5.82. The van der Waals surface area contributed by atoms with Gasteiger partial charge in [-0.1, -0.05) is 47.7 Å². The Kier molecular flexibility index (Phi) is 6.42. The number of likely N-dealkylation sites (N-methyl/N-ethyl adjacent to an activating group) is 1. The molecular weight excluding hydrogens is 402 g/mol. The van der Waals surface area contributed by atoms with Crippen molar-refractivity contribution in [2.45, 2.75) is 6.92 Å². The normalized spacial score (nSPS) is 15.5. The fraction of sp³-hybridized carbons (Fsp3) is 0.200. The van der Waals surface area contributed by atoms with Crippen LogP contribution in [-0.2, 0) is 4.79 Å². The summed E-state index contributed by atoms with van der Waals surface area (Å²) < 4.78 is 11.9. The van der Waals surface area contributed by atoms with E-state index in [0.29, 0.717) is 22.4 Å². The molecule has 1 fully saturated rings. The molecule has 0 aliphatic carbocycles. The first-order valence-electron chi connectivity index (χ1n) is 8.27. The van der Waals surface area contributed by atoms with E-state index in [2.05, 4.69) is 0 Å². The second-order valence-corrected chi connectivity index (χ2v) is 8.00. The lowest BCUT2D eigenvalue weighted by Gasteiger charge is -2.09. The van der Waals surface area contributed by atoms with E-state index >= 15 is 0 Å². The molecule has 27 heavy (non-hydrogen) atoms. The van der Waals surface area contributed by atoms with Crippen molar-refractivity contribution in [2.75, 3.05) is 20.3 Å². The number of ether oxygens (including phenoxy) is 2. The molecule has 1 heterocycles. The largest absolute Gasteiger partial charge is 0.490 e. The lowest BCUT2D eigenvalue weighted by atomic mass is 10.2. The van der Waals surface area contributed by atoms with Crippen LogP contribution >= 0.6 is 35.6 Å². The summed E-state index contributed by atoms with van der Waals surface area (Å²) in [5.74, 6) is 1.44. The summed E-state index contributed by atoms with van der Waals surface area (Å²) in [5, 5.41) is 0.722. The molecule has 1 aliphatic heterocycles. The molecule has 1 amide bonds. The van der Waals surface area contributed by atoms with E-state index in [1.165, 1.54) is 16.7 Å². The Morgan fingerprint density at radius 2 is 1.74 bits per heavy atom. The molecule has 1 aliphatic rings. The Labute approximate surface area is 173 Å². The van der Waals surface area contributed by atoms with Gasteiger partial charge in [0.05, 0.1) is 4.91 Å². The highest BCUT2D eigenvalue weighted by molar-refractivity contribution is 8.26. The minimum absolute atomic E-state index is 0.0695. The van der Waals surface area contributed by atoms with Gasteiger partial charge in [0.2, 0.25) is 0 Å². The maximum Gasteiger partial charge on any atom is 0.265 e. The Hall–Kier alpha value is -2.02. The zero-order chi connectivity index (χ0) is 19.4. The first-order chi connectivity index (χ1) is 12.9. The van der Waals surface area contributed by atoms with Crippen molar-refractivity contribution in [1.82, 2.24) is 4.90 Å². The Morgan fingerprint density at radius 3 is 2.33 bits per heavy atom. The van der Waals surface area contributed by atoms with Crippen LogP contribution in [0.2, 0.25) is 5.02 Å². The van der Waals surface area contributed by atoms with Gasteiger partial charge < -0.3 is 9.47 Å². The number of rotatable bonds is 6. The van der Waals surface area contributed by atoms with E-state index in [4.69, 9.17) is 33.3 Å². The molecular formula is C20H18ClNO3S2. The van der Waals surface area contributed by atoms with Gasteiger partial charge in [-0.05, 0) is 54.5 Å². The molecule has 4 nitrogen and oxygen atoms in total. The SMILES string of the molecule is Cc1cc(OCCOc2ccc(/C=C3/SC(=S)N(C)C3=O)cc2)ccc1Cl. The standard InChI is InChI=1S/C20H18ClNO3S2/c1-13-11-16(7-8-17(13)21)25-10-9-24-15-5-3-14(4-6-15)12-18-19(23)22(2)20(26)27-18/h3-8,11-12H,9-10H2,1-2H3/b18-12+. The summed E-state index contributed by atoms with van der Waals surface area (Å²) in [4.78, 5) is 14.1. The Morgan fingerprint density at radius 1 is 1.11 bits per heavy atom. The molecule has 3 rings (SSSR count). The highest BCUT2D eigenvalue weighted by atomic mass is 35.5. The summed E-state index contributed by atoms with van der Waals surface area (Å²) >= 11 is 12.4. The van der Waals surface area contributed by atoms with Crippen molar-refractivity contribution in [3.63, 3.8) is 0 Å². The van der Waals surface area contributed by atoms with Gasteiger partial charge in [0.1, 0.15) is 29.0 Å². The number of carbonyl (C=O) groups excluding carboxylic acids is 1. The quantitative estimate of drug-likeness (QED) is 0.377. The maximum atomic E-state index is 12.0. The van der Waals surface area contributed by atoms with Crippen molar-refractivity contribution in [3.05, 3.63) is 63.5 Å². The fourth-order valence-electron chi connectivity index (χ4n) is 2.38. The van der Waals surface area contributed by atoms with Gasteiger partial charge in [-0.25, -0.2) is 0 Å². The van der Waals surface area contributed by atoms with Gasteiger partial charge in [0.15, 0.2) is 0 Å². The third-order valence-electron chi connectivity index (χ3n) is 3.91. The zero-order valence-electron chi connectivity index (χ0n) is 14.9. The number of nitrogens with zero attached hydrogens (tertiary/aromatic N) is 1. The van der Waals surface area contributed by atoms with Gasteiger partial charge in [0, 0.05) is 12.1 Å². The molecule has 0 spiro atoms. The highest BCUT2D eigenvalue weighted by Gasteiger charge is 2.28.